The zero-order valence-electron chi connectivity index (χ0n) is 17.7. The Kier molecular flexibility index (Phi) is 5.54. The number of nitrogens with zero attached hydrogens (tertiary/aromatic N) is 5. The summed E-state index contributed by atoms with van der Waals surface area (Å²) < 4.78 is 26.4. The molecular weight excluding hydrogens is 434 g/mol. The van der Waals surface area contributed by atoms with Gasteiger partial charge in [0.05, 0.1) is 20.8 Å². The molecule has 0 radical (unpaired) electrons. The van der Waals surface area contributed by atoms with Crippen LogP contribution in [0.3, 0.4) is 0 Å². The molecule has 1 aromatic carbocycles. The van der Waals surface area contributed by atoms with E-state index >= 15 is 0 Å². The molecule has 0 atom stereocenters. The van der Waals surface area contributed by atoms with E-state index in [1.54, 1.807) is 27.5 Å². The van der Waals surface area contributed by atoms with Crippen molar-refractivity contribution in [3.8, 4) is 0 Å². The molecule has 162 valence electrons. The number of aryl methyl sites for hydroxylation is 1. The van der Waals surface area contributed by atoms with E-state index in [0.717, 1.165) is 4.70 Å². The third-order valence-electron chi connectivity index (χ3n) is 4.93. The maximum atomic E-state index is 13.7. The van der Waals surface area contributed by atoms with Gasteiger partial charge in [0.2, 0.25) is 0 Å². The van der Waals surface area contributed by atoms with Gasteiger partial charge in [0.15, 0.2) is 15.0 Å². The number of aromatic nitrogens is 3. The van der Waals surface area contributed by atoms with Crippen molar-refractivity contribution in [3.05, 3.63) is 54.0 Å². The Labute approximate surface area is 184 Å². The first-order valence-electron chi connectivity index (χ1n) is 9.66. The first-order valence-corrected chi connectivity index (χ1v) is 12.4. The van der Waals surface area contributed by atoms with Crippen molar-refractivity contribution in [1.29, 1.82) is 0 Å². The van der Waals surface area contributed by atoms with Crippen LogP contribution in [0.1, 0.15) is 16.2 Å². The number of likely N-dealkylation sites (N-methyl/N-ethyl adjacent to an activating group) is 1. The number of fused-ring (bicyclic) bond motifs is 2. The Balaban J connectivity index is 1.81. The van der Waals surface area contributed by atoms with Crippen LogP contribution in [0.25, 0.3) is 15.9 Å². The Morgan fingerprint density at radius 2 is 1.90 bits per heavy atom. The average Bonchev–Trinajstić information content (AvgIpc) is 3.26. The van der Waals surface area contributed by atoms with E-state index in [4.69, 9.17) is 0 Å². The summed E-state index contributed by atoms with van der Waals surface area (Å²) in [6.45, 7) is 2.90. The van der Waals surface area contributed by atoms with Crippen molar-refractivity contribution in [1.82, 2.24) is 19.3 Å². The second-order valence-electron chi connectivity index (χ2n) is 7.63. The molecule has 0 aliphatic rings. The molecule has 0 aliphatic heterocycles. The highest BCUT2D eigenvalue weighted by atomic mass is 32.2. The van der Waals surface area contributed by atoms with E-state index in [2.05, 4.69) is 9.97 Å². The van der Waals surface area contributed by atoms with Crippen LogP contribution in [-0.4, -0.2) is 67.0 Å². The highest BCUT2D eigenvalue weighted by molar-refractivity contribution is 7.90. The van der Waals surface area contributed by atoms with Gasteiger partial charge in [0.25, 0.3) is 5.91 Å². The number of imidazole rings is 1. The van der Waals surface area contributed by atoms with Crippen molar-refractivity contribution in [2.24, 2.45) is 0 Å². The molecule has 3 heterocycles. The SMILES string of the molecule is Cc1nc2ccccn2c1C(=O)N(CCN(C)C)c1nc2ccc(S(C)(=O)=O)cc2s1. The number of sulfone groups is 1. The number of hydrogen-bond donors (Lipinski definition) is 0. The number of anilines is 1. The molecule has 0 bridgehead atoms. The minimum absolute atomic E-state index is 0.194. The normalized spacial score (nSPS) is 12.2. The molecule has 0 N–H and O–H groups in total. The average molecular weight is 458 g/mol. The summed E-state index contributed by atoms with van der Waals surface area (Å²) in [5, 5.41) is 0.526. The quantitative estimate of drug-likeness (QED) is 0.442. The Hall–Kier alpha value is -2.82. The monoisotopic (exact) mass is 457 g/mol. The van der Waals surface area contributed by atoms with Crippen LogP contribution < -0.4 is 4.90 Å². The molecule has 0 saturated carbocycles. The summed E-state index contributed by atoms with van der Waals surface area (Å²) in [6, 6.07) is 10.4. The number of benzene rings is 1. The van der Waals surface area contributed by atoms with Gasteiger partial charge in [-0.15, -0.1) is 0 Å². The second-order valence-corrected chi connectivity index (χ2v) is 10.7. The fourth-order valence-electron chi connectivity index (χ4n) is 3.32. The topological polar surface area (TPSA) is 87.9 Å². The van der Waals surface area contributed by atoms with Crippen molar-refractivity contribution < 1.29 is 13.2 Å². The largest absolute Gasteiger partial charge is 0.308 e. The van der Waals surface area contributed by atoms with E-state index in [9.17, 15) is 13.2 Å². The van der Waals surface area contributed by atoms with Gasteiger partial charge in [-0.1, -0.05) is 17.4 Å². The molecule has 0 aliphatic carbocycles. The molecule has 1 amide bonds. The standard InChI is InChI=1S/C21H23N5O3S2/c1-14-19(25-10-6-5-7-18(25)22-14)20(27)26(12-11-24(2)3)21-23-16-9-8-15(31(4,28)29)13-17(16)30-21/h5-10,13H,11-12H2,1-4H3. The molecule has 0 unspecified atom stereocenters. The predicted molar refractivity (Wildman–Crippen MR) is 123 cm³/mol. The van der Waals surface area contributed by atoms with Crippen molar-refractivity contribution in [3.63, 3.8) is 0 Å². The number of thiazole rings is 1. The van der Waals surface area contributed by atoms with E-state index in [-0.39, 0.29) is 10.8 Å². The zero-order valence-corrected chi connectivity index (χ0v) is 19.4. The summed E-state index contributed by atoms with van der Waals surface area (Å²) in [7, 11) is 0.558. The molecule has 10 heteroatoms. The third-order valence-corrected chi connectivity index (χ3v) is 7.08. The fourth-order valence-corrected chi connectivity index (χ4v) is 5.07. The Bertz CT molecular complexity index is 1390. The predicted octanol–water partition coefficient (Wildman–Crippen LogP) is 2.86. The van der Waals surface area contributed by atoms with Crippen molar-refractivity contribution in [2.75, 3.05) is 38.3 Å². The van der Waals surface area contributed by atoms with Crippen molar-refractivity contribution >= 4 is 48.1 Å². The molecule has 0 fully saturated rings. The van der Waals surface area contributed by atoms with Gasteiger partial charge in [0.1, 0.15) is 11.3 Å². The number of hydrogen-bond acceptors (Lipinski definition) is 7. The molecule has 4 rings (SSSR count). The summed E-state index contributed by atoms with van der Waals surface area (Å²) >= 11 is 1.31. The lowest BCUT2D eigenvalue weighted by molar-refractivity contribution is 0.0979. The van der Waals surface area contributed by atoms with Crippen LogP contribution in [0.4, 0.5) is 5.13 Å². The second kappa shape index (κ2) is 8.03. The maximum Gasteiger partial charge on any atom is 0.279 e. The van der Waals surface area contributed by atoms with Gasteiger partial charge in [-0.25, -0.2) is 18.4 Å². The smallest absolute Gasteiger partial charge is 0.279 e. The van der Waals surface area contributed by atoms with Crippen LogP contribution in [0.15, 0.2) is 47.5 Å². The van der Waals surface area contributed by atoms with Gasteiger partial charge in [0, 0.05) is 25.5 Å². The van der Waals surface area contributed by atoms with Gasteiger partial charge in [-0.3, -0.25) is 14.1 Å². The lowest BCUT2D eigenvalue weighted by Crippen LogP contribution is -2.37. The molecular formula is C21H23N5O3S2. The van der Waals surface area contributed by atoms with E-state index < -0.39 is 9.84 Å². The fraction of sp³-hybridized carbons (Fsp3) is 0.286. The lowest BCUT2D eigenvalue weighted by atomic mass is 10.3. The summed E-state index contributed by atoms with van der Waals surface area (Å²) in [5.74, 6) is -0.194. The number of amides is 1. The van der Waals surface area contributed by atoms with E-state index in [0.29, 0.717) is 40.8 Å². The first kappa shape index (κ1) is 21.4. The van der Waals surface area contributed by atoms with E-state index in [1.165, 1.54) is 17.6 Å². The summed E-state index contributed by atoms with van der Waals surface area (Å²) in [4.78, 5) is 26.7. The highest BCUT2D eigenvalue weighted by Gasteiger charge is 2.26. The van der Waals surface area contributed by atoms with Gasteiger partial charge in [-0.05, 0) is 51.4 Å². The number of carbonyl (C=O) groups is 1. The van der Waals surface area contributed by atoms with Crippen LogP contribution in [0.2, 0.25) is 0 Å². The Morgan fingerprint density at radius 3 is 2.61 bits per heavy atom. The molecule has 0 saturated heterocycles. The minimum Gasteiger partial charge on any atom is -0.308 e. The number of pyridine rings is 1. The summed E-state index contributed by atoms with van der Waals surface area (Å²) in [5.41, 5.74) is 2.50. The first-order chi connectivity index (χ1) is 14.6. The molecule has 3 aromatic heterocycles. The van der Waals surface area contributed by atoms with E-state index in [1.807, 2.05) is 50.3 Å². The van der Waals surface area contributed by atoms with Gasteiger partial charge >= 0.3 is 0 Å². The number of rotatable bonds is 6. The molecule has 4 aromatic rings. The van der Waals surface area contributed by atoms with Crippen LogP contribution in [-0.2, 0) is 9.84 Å². The lowest BCUT2D eigenvalue weighted by Gasteiger charge is -2.22. The molecule has 31 heavy (non-hydrogen) atoms. The summed E-state index contributed by atoms with van der Waals surface area (Å²) in [6.07, 6.45) is 3.00. The third kappa shape index (κ3) is 4.18. The minimum atomic E-state index is -3.33. The van der Waals surface area contributed by atoms with Gasteiger partial charge in [-0.2, -0.15) is 0 Å². The van der Waals surface area contributed by atoms with Crippen molar-refractivity contribution in [2.45, 2.75) is 11.8 Å². The van der Waals surface area contributed by atoms with Crippen LogP contribution in [0.5, 0.6) is 0 Å². The molecule has 0 spiro atoms. The molecule has 8 nitrogen and oxygen atoms in total. The highest BCUT2D eigenvalue weighted by Crippen LogP contribution is 2.32. The number of carbonyl (C=O) groups excluding carboxylic acids is 1. The maximum absolute atomic E-state index is 13.7. The zero-order chi connectivity index (χ0) is 22.3. The van der Waals surface area contributed by atoms with Crippen LogP contribution >= 0.6 is 11.3 Å². The van der Waals surface area contributed by atoms with Gasteiger partial charge < -0.3 is 4.90 Å². The van der Waals surface area contributed by atoms with Crippen LogP contribution in [0, 0.1) is 6.92 Å². The Morgan fingerprint density at radius 1 is 1.13 bits per heavy atom.